The highest BCUT2D eigenvalue weighted by atomic mass is 16.5. The van der Waals surface area contributed by atoms with Crippen LogP contribution in [0.5, 0.6) is 0 Å². The lowest BCUT2D eigenvalue weighted by Gasteiger charge is -2.03. The third kappa shape index (κ3) is 4.84. The molecule has 78 valence electrons. The molecule has 0 aliphatic rings. The molecule has 0 saturated carbocycles. The topological polar surface area (TPSA) is 37.0 Å². The molecule has 0 fully saturated rings. The molecule has 3 heteroatoms. The zero-order valence-electron chi connectivity index (χ0n) is 8.46. The van der Waals surface area contributed by atoms with E-state index in [0.717, 1.165) is 32.7 Å². The van der Waals surface area contributed by atoms with E-state index in [1.54, 1.807) is 0 Å². The summed E-state index contributed by atoms with van der Waals surface area (Å²) in [4.78, 5) is 3.02. The molecule has 0 spiro atoms. The molecular weight excluding hydrogens is 176 g/mol. The smallest absolute Gasteiger partial charge is 0.0591 e. The Balaban J connectivity index is 1.87. The molecule has 1 aromatic heterocycles. The van der Waals surface area contributed by atoms with Crippen LogP contribution >= 0.6 is 0 Å². The number of ether oxygens (including phenoxy) is 1. The van der Waals surface area contributed by atoms with Gasteiger partial charge in [-0.15, -0.1) is 6.58 Å². The Bertz CT molecular complexity index is 231. The van der Waals surface area contributed by atoms with Crippen molar-refractivity contribution in [3.63, 3.8) is 0 Å². The zero-order valence-corrected chi connectivity index (χ0v) is 8.46. The predicted octanol–water partition coefficient (Wildman–Crippen LogP) is 1.70. The van der Waals surface area contributed by atoms with Crippen LogP contribution in [-0.4, -0.2) is 24.7 Å². The largest absolute Gasteiger partial charge is 0.380 e. The molecule has 0 aliphatic carbocycles. The number of hydrogen-bond acceptors (Lipinski definition) is 2. The minimum absolute atomic E-state index is 0.762. The second-order valence-corrected chi connectivity index (χ2v) is 3.09. The van der Waals surface area contributed by atoms with E-state index < -0.39 is 0 Å². The van der Waals surface area contributed by atoms with Crippen LogP contribution in [0.4, 0.5) is 0 Å². The summed E-state index contributed by atoms with van der Waals surface area (Å²) in [6.07, 6.45) is 6.72. The Morgan fingerprint density at radius 2 is 2.43 bits per heavy atom. The number of aromatic amines is 1. The standard InChI is InChI=1S/C11H18N2O/c1-2-3-7-14-8-6-13-10-11-4-5-12-9-11/h2,4-5,9,12-13H,1,3,6-8,10H2. The van der Waals surface area contributed by atoms with E-state index in [9.17, 15) is 0 Å². The molecule has 0 amide bonds. The van der Waals surface area contributed by atoms with Crippen molar-refractivity contribution in [1.82, 2.24) is 10.3 Å². The van der Waals surface area contributed by atoms with Gasteiger partial charge >= 0.3 is 0 Å². The van der Waals surface area contributed by atoms with Gasteiger partial charge in [0.25, 0.3) is 0 Å². The van der Waals surface area contributed by atoms with Crippen molar-refractivity contribution >= 4 is 0 Å². The third-order valence-corrected chi connectivity index (χ3v) is 1.88. The van der Waals surface area contributed by atoms with Crippen molar-refractivity contribution in [3.05, 3.63) is 36.7 Å². The summed E-state index contributed by atoms with van der Waals surface area (Å²) >= 11 is 0. The van der Waals surface area contributed by atoms with Gasteiger partial charge in [-0.25, -0.2) is 0 Å². The van der Waals surface area contributed by atoms with Gasteiger partial charge in [-0.2, -0.15) is 0 Å². The Hall–Kier alpha value is -1.06. The molecule has 1 heterocycles. The van der Waals surface area contributed by atoms with Gasteiger partial charge in [0.2, 0.25) is 0 Å². The van der Waals surface area contributed by atoms with Crippen LogP contribution in [0.15, 0.2) is 31.1 Å². The zero-order chi connectivity index (χ0) is 10.1. The lowest BCUT2D eigenvalue weighted by molar-refractivity contribution is 0.140. The van der Waals surface area contributed by atoms with Gasteiger partial charge in [0.05, 0.1) is 13.2 Å². The van der Waals surface area contributed by atoms with E-state index in [4.69, 9.17) is 4.74 Å². The fourth-order valence-corrected chi connectivity index (χ4v) is 1.11. The van der Waals surface area contributed by atoms with E-state index in [2.05, 4.69) is 22.9 Å². The Morgan fingerprint density at radius 1 is 1.50 bits per heavy atom. The quantitative estimate of drug-likeness (QED) is 0.488. The van der Waals surface area contributed by atoms with Crippen LogP contribution in [0, 0.1) is 0 Å². The van der Waals surface area contributed by atoms with Crippen molar-refractivity contribution in [3.8, 4) is 0 Å². The minimum atomic E-state index is 0.762. The average Bonchev–Trinajstić information content (AvgIpc) is 2.69. The number of hydrogen-bond donors (Lipinski definition) is 2. The predicted molar refractivity (Wildman–Crippen MR) is 58.1 cm³/mol. The van der Waals surface area contributed by atoms with E-state index >= 15 is 0 Å². The summed E-state index contributed by atoms with van der Waals surface area (Å²) in [7, 11) is 0. The highest BCUT2D eigenvalue weighted by Crippen LogP contribution is 1.94. The maximum Gasteiger partial charge on any atom is 0.0591 e. The van der Waals surface area contributed by atoms with Crippen molar-refractivity contribution < 1.29 is 4.74 Å². The summed E-state index contributed by atoms with van der Waals surface area (Å²) in [6.45, 7) is 6.95. The average molecular weight is 194 g/mol. The molecule has 0 saturated heterocycles. The van der Waals surface area contributed by atoms with Crippen LogP contribution in [0.1, 0.15) is 12.0 Å². The van der Waals surface area contributed by atoms with Crippen molar-refractivity contribution in [2.75, 3.05) is 19.8 Å². The molecule has 1 rings (SSSR count). The summed E-state index contributed by atoms with van der Waals surface area (Å²) < 4.78 is 5.35. The van der Waals surface area contributed by atoms with Crippen molar-refractivity contribution in [2.45, 2.75) is 13.0 Å². The first-order valence-corrected chi connectivity index (χ1v) is 4.94. The second kappa shape index (κ2) is 7.35. The van der Waals surface area contributed by atoms with Crippen molar-refractivity contribution in [1.29, 1.82) is 0 Å². The Labute approximate surface area is 85.2 Å². The molecule has 0 aliphatic heterocycles. The first-order chi connectivity index (χ1) is 6.93. The highest BCUT2D eigenvalue weighted by molar-refractivity contribution is 5.07. The maximum atomic E-state index is 5.35. The molecule has 2 N–H and O–H groups in total. The summed E-state index contributed by atoms with van der Waals surface area (Å²) in [5.41, 5.74) is 1.27. The number of nitrogens with one attached hydrogen (secondary N) is 2. The molecule has 3 nitrogen and oxygen atoms in total. The molecule has 0 unspecified atom stereocenters. The van der Waals surface area contributed by atoms with Crippen LogP contribution in [0.25, 0.3) is 0 Å². The first-order valence-electron chi connectivity index (χ1n) is 4.94. The van der Waals surface area contributed by atoms with Gasteiger partial charge in [-0.05, 0) is 18.1 Å². The minimum Gasteiger partial charge on any atom is -0.380 e. The molecule has 0 bridgehead atoms. The van der Waals surface area contributed by atoms with Gasteiger partial charge < -0.3 is 15.0 Å². The van der Waals surface area contributed by atoms with Crippen LogP contribution in [0.2, 0.25) is 0 Å². The van der Waals surface area contributed by atoms with E-state index in [-0.39, 0.29) is 0 Å². The van der Waals surface area contributed by atoms with Crippen LogP contribution in [-0.2, 0) is 11.3 Å². The second-order valence-electron chi connectivity index (χ2n) is 3.09. The maximum absolute atomic E-state index is 5.35. The van der Waals surface area contributed by atoms with Crippen LogP contribution in [0.3, 0.4) is 0 Å². The molecule has 0 aromatic carbocycles. The summed E-state index contributed by atoms with van der Waals surface area (Å²) in [5, 5.41) is 3.29. The summed E-state index contributed by atoms with van der Waals surface area (Å²) in [5.74, 6) is 0. The molecule has 0 radical (unpaired) electrons. The van der Waals surface area contributed by atoms with Gasteiger partial charge in [0, 0.05) is 25.5 Å². The molecule has 0 atom stereocenters. The monoisotopic (exact) mass is 194 g/mol. The first kappa shape index (κ1) is 11.0. The molecular formula is C11H18N2O. The summed E-state index contributed by atoms with van der Waals surface area (Å²) in [6, 6.07) is 2.06. The number of H-pyrrole nitrogens is 1. The van der Waals surface area contributed by atoms with Crippen molar-refractivity contribution in [2.24, 2.45) is 0 Å². The Morgan fingerprint density at radius 3 is 3.14 bits per heavy atom. The van der Waals surface area contributed by atoms with Gasteiger partial charge in [0.1, 0.15) is 0 Å². The fourth-order valence-electron chi connectivity index (χ4n) is 1.11. The van der Waals surface area contributed by atoms with Gasteiger partial charge in [0.15, 0.2) is 0 Å². The normalized spacial score (nSPS) is 10.3. The van der Waals surface area contributed by atoms with Gasteiger partial charge in [-0.3, -0.25) is 0 Å². The lowest BCUT2D eigenvalue weighted by atomic mass is 10.3. The fraction of sp³-hybridized carbons (Fsp3) is 0.455. The number of aromatic nitrogens is 1. The third-order valence-electron chi connectivity index (χ3n) is 1.88. The van der Waals surface area contributed by atoms with E-state index in [1.165, 1.54) is 5.56 Å². The number of rotatable bonds is 8. The molecule has 14 heavy (non-hydrogen) atoms. The Kier molecular flexibility index (Phi) is 5.79. The molecule has 1 aromatic rings. The SMILES string of the molecule is C=CCCOCCNCc1cc[nH]c1. The highest BCUT2D eigenvalue weighted by Gasteiger charge is 1.91. The van der Waals surface area contributed by atoms with E-state index in [1.807, 2.05) is 18.5 Å². The lowest BCUT2D eigenvalue weighted by Crippen LogP contribution is -2.19. The van der Waals surface area contributed by atoms with E-state index in [0.29, 0.717) is 0 Å². The van der Waals surface area contributed by atoms with Gasteiger partial charge in [-0.1, -0.05) is 6.08 Å². The van der Waals surface area contributed by atoms with Crippen LogP contribution < -0.4 is 5.32 Å².